The van der Waals surface area contributed by atoms with E-state index >= 15 is 0 Å². The Kier molecular flexibility index (Phi) is 5.23. The average Bonchev–Trinajstić information content (AvgIpc) is 2.81. The fourth-order valence-electron chi connectivity index (χ4n) is 2.16. The first-order valence-electron chi connectivity index (χ1n) is 7.54. The Morgan fingerprint density at radius 2 is 1.92 bits per heavy atom. The number of para-hydroxylation sites is 1. The van der Waals surface area contributed by atoms with Gasteiger partial charge in [-0.1, -0.05) is 18.2 Å². The molecule has 0 spiro atoms. The summed E-state index contributed by atoms with van der Waals surface area (Å²) in [6, 6.07) is 7.46. The quantitative estimate of drug-likeness (QED) is 0.906. The minimum absolute atomic E-state index is 0.144. The van der Waals surface area contributed by atoms with Crippen molar-refractivity contribution in [1.82, 2.24) is 14.7 Å². The van der Waals surface area contributed by atoms with Gasteiger partial charge < -0.3 is 15.0 Å². The van der Waals surface area contributed by atoms with Gasteiger partial charge in [-0.05, 0) is 25.5 Å². The Bertz CT molecular complexity index is 765. The molecule has 0 aliphatic rings. The van der Waals surface area contributed by atoms with Gasteiger partial charge in [0.05, 0.1) is 11.4 Å². The van der Waals surface area contributed by atoms with Crippen LogP contribution < -0.4 is 10.1 Å². The lowest BCUT2D eigenvalue weighted by Crippen LogP contribution is -2.26. The Hall–Kier alpha value is -2.83. The van der Waals surface area contributed by atoms with Crippen molar-refractivity contribution in [3.63, 3.8) is 0 Å². The Labute approximate surface area is 141 Å². The third-order valence-electron chi connectivity index (χ3n) is 3.66. The molecule has 0 aliphatic heterocycles. The fraction of sp³-hybridized carbons (Fsp3) is 0.353. The lowest BCUT2D eigenvalue weighted by atomic mass is 10.2. The molecule has 128 valence electrons. The number of benzene rings is 1. The Balaban J connectivity index is 2.12. The normalized spacial score (nSPS) is 10.4. The number of aryl methyl sites for hydroxylation is 2. The molecule has 0 atom stereocenters. The third-order valence-corrected chi connectivity index (χ3v) is 3.66. The number of nitrogens with zero attached hydrogens (tertiary/aromatic N) is 3. The summed E-state index contributed by atoms with van der Waals surface area (Å²) in [6.45, 7) is 3.55. The van der Waals surface area contributed by atoms with E-state index in [0.717, 1.165) is 5.56 Å². The van der Waals surface area contributed by atoms with Gasteiger partial charge in [0.25, 0.3) is 11.8 Å². The van der Waals surface area contributed by atoms with E-state index in [0.29, 0.717) is 17.1 Å². The number of amides is 2. The molecular weight excluding hydrogens is 308 g/mol. The lowest BCUT2D eigenvalue weighted by Gasteiger charge is -2.12. The molecule has 0 saturated carbocycles. The number of ether oxygens (including phenoxy) is 1. The van der Waals surface area contributed by atoms with Crippen molar-refractivity contribution in [1.29, 1.82) is 0 Å². The molecule has 0 fully saturated rings. The van der Waals surface area contributed by atoms with Crippen LogP contribution in [0.5, 0.6) is 5.75 Å². The number of aromatic nitrogens is 2. The lowest BCUT2D eigenvalue weighted by molar-refractivity contribution is -0.118. The van der Waals surface area contributed by atoms with Gasteiger partial charge >= 0.3 is 0 Å². The maximum absolute atomic E-state index is 12.2. The van der Waals surface area contributed by atoms with E-state index in [9.17, 15) is 9.59 Å². The van der Waals surface area contributed by atoms with E-state index in [1.807, 2.05) is 25.1 Å². The first kappa shape index (κ1) is 17.5. The molecule has 0 aliphatic carbocycles. The topological polar surface area (TPSA) is 76.5 Å². The maximum Gasteiger partial charge on any atom is 0.276 e. The van der Waals surface area contributed by atoms with Crippen LogP contribution in [0.3, 0.4) is 0 Å². The van der Waals surface area contributed by atoms with Crippen molar-refractivity contribution in [2.24, 2.45) is 7.05 Å². The molecule has 7 nitrogen and oxygen atoms in total. The van der Waals surface area contributed by atoms with Crippen molar-refractivity contribution in [2.75, 3.05) is 26.0 Å². The van der Waals surface area contributed by atoms with E-state index in [2.05, 4.69) is 10.4 Å². The van der Waals surface area contributed by atoms with Gasteiger partial charge in [-0.2, -0.15) is 5.10 Å². The first-order valence-corrected chi connectivity index (χ1v) is 7.54. The van der Waals surface area contributed by atoms with Crippen LogP contribution in [0.4, 0.5) is 5.69 Å². The number of carbonyl (C=O) groups excluding carboxylic acids is 2. The minimum atomic E-state index is -0.345. The predicted molar refractivity (Wildman–Crippen MR) is 91.3 cm³/mol. The molecular formula is C17H22N4O3. The number of hydrogen-bond donors (Lipinski definition) is 1. The molecule has 24 heavy (non-hydrogen) atoms. The van der Waals surface area contributed by atoms with Crippen molar-refractivity contribution >= 4 is 17.5 Å². The highest BCUT2D eigenvalue weighted by molar-refractivity contribution is 6.03. The molecule has 0 radical (unpaired) electrons. The van der Waals surface area contributed by atoms with Gasteiger partial charge in [0.1, 0.15) is 5.75 Å². The number of nitrogens with one attached hydrogen (secondary N) is 1. The standard InChI is InChI=1S/C17H22N4O3/c1-11-8-6-7-9-13(11)24-10-14(22)18-15-12(2)21(5)19-16(15)17(23)20(3)4/h6-9H,10H2,1-5H3,(H,18,22). The van der Waals surface area contributed by atoms with Gasteiger partial charge in [0, 0.05) is 21.1 Å². The second-order valence-electron chi connectivity index (χ2n) is 5.73. The Morgan fingerprint density at radius 1 is 1.25 bits per heavy atom. The predicted octanol–water partition coefficient (Wildman–Crippen LogP) is 1.76. The largest absolute Gasteiger partial charge is 0.483 e. The van der Waals surface area contributed by atoms with Gasteiger partial charge in [-0.25, -0.2) is 0 Å². The number of hydrogen-bond acceptors (Lipinski definition) is 4. The van der Waals surface area contributed by atoms with E-state index in [1.165, 1.54) is 4.90 Å². The van der Waals surface area contributed by atoms with Crippen LogP contribution in [0.1, 0.15) is 21.7 Å². The summed E-state index contributed by atoms with van der Waals surface area (Å²) in [5, 5.41) is 6.92. The molecule has 2 aromatic rings. The molecule has 0 saturated heterocycles. The van der Waals surface area contributed by atoms with Gasteiger partial charge in [0.2, 0.25) is 0 Å². The van der Waals surface area contributed by atoms with E-state index in [1.54, 1.807) is 38.8 Å². The Morgan fingerprint density at radius 3 is 2.54 bits per heavy atom. The molecule has 2 rings (SSSR count). The van der Waals surface area contributed by atoms with Crippen LogP contribution in [-0.2, 0) is 11.8 Å². The summed E-state index contributed by atoms with van der Waals surface area (Å²) >= 11 is 0. The summed E-state index contributed by atoms with van der Waals surface area (Å²) < 4.78 is 7.09. The van der Waals surface area contributed by atoms with E-state index in [-0.39, 0.29) is 24.1 Å². The monoisotopic (exact) mass is 330 g/mol. The van der Waals surface area contributed by atoms with Crippen LogP contribution >= 0.6 is 0 Å². The van der Waals surface area contributed by atoms with Crippen LogP contribution in [0.15, 0.2) is 24.3 Å². The van der Waals surface area contributed by atoms with E-state index in [4.69, 9.17) is 4.74 Å². The molecule has 1 aromatic carbocycles. The molecule has 0 unspecified atom stereocenters. The molecule has 1 N–H and O–H groups in total. The average molecular weight is 330 g/mol. The summed E-state index contributed by atoms with van der Waals surface area (Å²) in [5.41, 5.74) is 2.27. The number of anilines is 1. The highest BCUT2D eigenvalue weighted by Gasteiger charge is 2.22. The zero-order valence-electron chi connectivity index (χ0n) is 14.6. The number of carbonyl (C=O) groups is 2. The van der Waals surface area contributed by atoms with E-state index < -0.39 is 0 Å². The van der Waals surface area contributed by atoms with Gasteiger partial charge in [0.15, 0.2) is 12.3 Å². The summed E-state index contributed by atoms with van der Waals surface area (Å²) in [7, 11) is 5.00. The summed E-state index contributed by atoms with van der Waals surface area (Å²) in [5.74, 6) is 0.0381. The molecule has 1 heterocycles. The van der Waals surface area contributed by atoms with Crippen LogP contribution in [-0.4, -0.2) is 47.2 Å². The van der Waals surface area contributed by atoms with Crippen molar-refractivity contribution in [2.45, 2.75) is 13.8 Å². The van der Waals surface area contributed by atoms with Gasteiger partial charge in [-0.15, -0.1) is 0 Å². The van der Waals surface area contributed by atoms with Crippen molar-refractivity contribution in [3.05, 3.63) is 41.2 Å². The molecule has 2 amide bonds. The van der Waals surface area contributed by atoms with Crippen molar-refractivity contribution < 1.29 is 14.3 Å². The third kappa shape index (κ3) is 3.73. The zero-order valence-corrected chi connectivity index (χ0v) is 14.6. The zero-order chi connectivity index (χ0) is 17.9. The van der Waals surface area contributed by atoms with Crippen LogP contribution in [0.25, 0.3) is 0 Å². The summed E-state index contributed by atoms with van der Waals surface area (Å²) in [4.78, 5) is 25.8. The summed E-state index contributed by atoms with van der Waals surface area (Å²) in [6.07, 6.45) is 0. The highest BCUT2D eigenvalue weighted by Crippen LogP contribution is 2.21. The number of rotatable bonds is 5. The molecule has 7 heteroatoms. The second-order valence-corrected chi connectivity index (χ2v) is 5.73. The highest BCUT2D eigenvalue weighted by atomic mass is 16.5. The minimum Gasteiger partial charge on any atom is -0.483 e. The first-order chi connectivity index (χ1) is 11.3. The fourth-order valence-corrected chi connectivity index (χ4v) is 2.16. The van der Waals surface area contributed by atoms with Crippen molar-refractivity contribution in [3.8, 4) is 5.75 Å². The second kappa shape index (κ2) is 7.16. The molecule has 0 bridgehead atoms. The maximum atomic E-state index is 12.2. The molecule has 1 aromatic heterocycles. The van der Waals surface area contributed by atoms with Gasteiger partial charge in [-0.3, -0.25) is 14.3 Å². The van der Waals surface area contributed by atoms with Crippen LogP contribution in [0, 0.1) is 13.8 Å². The smallest absolute Gasteiger partial charge is 0.276 e. The SMILES string of the molecule is Cc1ccccc1OCC(=O)Nc1c(C(=O)N(C)C)nn(C)c1C. The van der Waals surface area contributed by atoms with Crippen LogP contribution in [0.2, 0.25) is 0 Å².